The molecule has 0 radical (unpaired) electrons. The topological polar surface area (TPSA) is 139 Å². The lowest BCUT2D eigenvalue weighted by Crippen LogP contribution is -2.37. The summed E-state index contributed by atoms with van der Waals surface area (Å²) in [6.07, 6.45) is -13.1. The maximum Gasteiger partial charge on any atom is 0.573 e. The van der Waals surface area contributed by atoms with Gasteiger partial charge in [0.25, 0.3) is 0 Å². The number of pyridine rings is 1. The lowest BCUT2D eigenvalue weighted by Gasteiger charge is -2.15. The number of hydrogen-bond donors (Lipinski definition) is 1. The number of aliphatic hydroxyl groups is 1. The van der Waals surface area contributed by atoms with E-state index in [2.05, 4.69) is 24.9 Å². The Morgan fingerprint density at radius 3 is 2.37 bits per heavy atom. The SMILES string of the molecule is CC(=O)OC(C)c1nc(Cn2nc(-c3ccc(Cl)cc3)n(C[C@H](O)C(F)(F)F)c2=O)nn1-c1ncccc1OC(F)(F)F. The van der Waals surface area contributed by atoms with Crippen LogP contribution in [0.4, 0.5) is 26.3 Å². The molecule has 230 valence electrons. The Morgan fingerprint density at radius 1 is 1.09 bits per heavy atom. The van der Waals surface area contributed by atoms with E-state index in [-0.39, 0.29) is 23.0 Å². The molecular weight excluding hydrogens is 616 g/mol. The van der Waals surface area contributed by atoms with Crippen LogP contribution in [0.3, 0.4) is 0 Å². The molecule has 2 atom stereocenters. The largest absolute Gasteiger partial charge is 0.573 e. The lowest BCUT2D eigenvalue weighted by molar-refractivity contribution is -0.274. The molecule has 0 amide bonds. The van der Waals surface area contributed by atoms with Crippen LogP contribution >= 0.6 is 11.6 Å². The van der Waals surface area contributed by atoms with E-state index < -0.39 is 61.1 Å². The van der Waals surface area contributed by atoms with Crippen molar-refractivity contribution < 1.29 is 45.7 Å². The molecule has 0 bridgehead atoms. The molecule has 4 rings (SSSR count). The quantitative estimate of drug-likeness (QED) is 0.215. The molecule has 12 nitrogen and oxygen atoms in total. The molecule has 0 aliphatic heterocycles. The van der Waals surface area contributed by atoms with Gasteiger partial charge in [-0.15, -0.1) is 23.4 Å². The maximum absolute atomic E-state index is 13.2. The van der Waals surface area contributed by atoms with Gasteiger partial charge in [-0.1, -0.05) is 11.6 Å². The van der Waals surface area contributed by atoms with Crippen molar-refractivity contribution in [2.24, 2.45) is 0 Å². The lowest BCUT2D eigenvalue weighted by atomic mass is 10.2. The van der Waals surface area contributed by atoms with E-state index >= 15 is 0 Å². The first kappa shape index (κ1) is 31.5. The van der Waals surface area contributed by atoms with Crippen LogP contribution in [0.2, 0.25) is 5.02 Å². The Bertz CT molecular complexity index is 1670. The fourth-order valence-electron chi connectivity index (χ4n) is 3.83. The number of nitrogens with zero attached hydrogens (tertiary/aromatic N) is 7. The van der Waals surface area contributed by atoms with Gasteiger partial charge in [-0.3, -0.25) is 9.36 Å². The number of esters is 1. The molecule has 3 heterocycles. The highest BCUT2D eigenvalue weighted by Gasteiger charge is 2.39. The Labute approximate surface area is 242 Å². The number of aromatic nitrogens is 7. The highest BCUT2D eigenvalue weighted by Crippen LogP contribution is 2.30. The van der Waals surface area contributed by atoms with Crippen LogP contribution in [0.1, 0.15) is 31.6 Å². The predicted molar refractivity (Wildman–Crippen MR) is 134 cm³/mol. The summed E-state index contributed by atoms with van der Waals surface area (Å²) in [5.74, 6) is -2.81. The average Bonchev–Trinajstić information content (AvgIpc) is 3.45. The molecule has 1 N–H and O–H groups in total. The minimum Gasteiger partial charge on any atom is -0.455 e. The van der Waals surface area contributed by atoms with Crippen molar-refractivity contribution in [1.29, 1.82) is 0 Å². The van der Waals surface area contributed by atoms with Crippen LogP contribution in [0.15, 0.2) is 47.4 Å². The van der Waals surface area contributed by atoms with Gasteiger partial charge >= 0.3 is 24.2 Å². The zero-order valence-electron chi connectivity index (χ0n) is 22.0. The molecule has 0 aliphatic rings. The Balaban J connectivity index is 1.82. The van der Waals surface area contributed by atoms with E-state index in [0.29, 0.717) is 14.3 Å². The third-order valence-corrected chi connectivity index (χ3v) is 5.86. The van der Waals surface area contributed by atoms with Gasteiger partial charge in [0.15, 0.2) is 41.2 Å². The summed E-state index contributed by atoms with van der Waals surface area (Å²) in [4.78, 5) is 32.9. The fraction of sp³-hybridized carbons (Fsp3) is 0.333. The highest BCUT2D eigenvalue weighted by atomic mass is 35.5. The number of carbonyl (C=O) groups excluding carboxylic acids is 1. The first-order valence-electron chi connectivity index (χ1n) is 12.1. The van der Waals surface area contributed by atoms with Crippen LogP contribution in [0.5, 0.6) is 5.75 Å². The van der Waals surface area contributed by atoms with Gasteiger partial charge in [-0.2, -0.15) is 17.9 Å². The first-order valence-corrected chi connectivity index (χ1v) is 12.4. The van der Waals surface area contributed by atoms with E-state index in [1.807, 2.05) is 0 Å². The Hall–Kier alpha value is -4.45. The standard InChI is InChI=1S/C24H20ClF6N7O5/c1-12(42-13(2)39)19-33-18(34-38(19)21-16(4-3-9-32-21)43-24(29,30)31)11-37-22(41)36(10-17(40)23(26,27)28)20(35-37)14-5-7-15(25)8-6-14/h3-9,12,17,40H,10-11H2,1-2H3/t12?,17-/m0/s1. The summed E-state index contributed by atoms with van der Waals surface area (Å²) in [6.45, 7) is 0.612. The molecule has 0 aliphatic carbocycles. The van der Waals surface area contributed by atoms with Crippen LogP contribution in [0.25, 0.3) is 17.2 Å². The minimum atomic E-state index is -5.11. The number of aliphatic hydroxyl groups excluding tert-OH is 1. The smallest absolute Gasteiger partial charge is 0.455 e. The minimum absolute atomic E-state index is 0.180. The number of alkyl halides is 6. The molecule has 4 aromatic rings. The summed E-state index contributed by atoms with van der Waals surface area (Å²) in [7, 11) is 0. The van der Waals surface area contributed by atoms with E-state index in [9.17, 15) is 41.0 Å². The second kappa shape index (κ2) is 12.0. The second-order valence-corrected chi connectivity index (χ2v) is 9.30. The van der Waals surface area contributed by atoms with E-state index in [1.165, 1.54) is 31.2 Å². The molecule has 0 spiro atoms. The number of hydrogen-bond acceptors (Lipinski definition) is 9. The van der Waals surface area contributed by atoms with Crippen molar-refractivity contribution in [1.82, 2.24) is 34.1 Å². The average molecular weight is 636 g/mol. The molecule has 0 saturated heterocycles. The van der Waals surface area contributed by atoms with Gasteiger partial charge in [0.05, 0.1) is 6.54 Å². The van der Waals surface area contributed by atoms with Gasteiger partial charge in [0.2, 0.25) is 0 Å². The number of benzene rings is 1. The number of ether oxygens (including phenoxy) is 2. The van der Waals surface area contributed by atoms with Crippen LogP contribution in [-0.2, 0) is 22.6 Å². The van der Waals surface area contributed by atoms with E-state index in [4.69, 9.17) is 16.3 Å². The zero-order valence-corrected chi connectivity index (χ0v) is 22.7. The Morgan fingerprint density at radius 2 is 1.77 bits per heavy atom. The molecule has 1 unspecified atom stereocenters. The maximum atomic E-state index is 13.2. The monoisotopic (exact) mass is 635 g/mol. The summed E-state index contributed by atoms with van der Waals surface area (Å²) in [5, 5.41) is 18.2. The number of halogens is 7. The predicted octanol–water partition coefficient (Wildman–Crippen LogP) is 3.84. The molecule has 0 fully saturated rings. The summed E-state index contributed by atoms with van der Waals surface area (Å²) in [6, 6.07) is 7.71. The molecule has 43 heavy (non-hydrogen) atoms. The van der Waals surface area contributed by atoms with Crippen molar-refractivity contribution >= 4 is 17.6 Å². The van der Waals surface area contributed by atoms with Gasteiger partial charge in [-0.05, 0) is 43.3 Å². The van der Waals surface area contributed by atoms with Crippen LogP contribution < -0.4 is 10.4 Å². The van der Waals surface area contributed by atoms with Crippen molar-refractivity contribution in [2.75, 3.05) is 0 Å². The van der Waals surface area contributed by atoms with E-state index in [0.717, 1.165) is 29.9 Å². The van der Waals surface area contributed by atoms with Crippen molar-refractivity contribution in [3.63, 3.8) is 0 Å². The fourth-order valence-corrected chi connectivity index (χ4v) is 3.96. The summed E-state index contributed by atoms with van der Waals surface area (Å²) >= 11 is 5.89. The normalized spacial score (nSPS) is 13.5. The van der Waals surface area contributed by atoms with Crippen LogP contribution in [0, 0.1) is 0 Å². The van der Waals surface area contributed by atoms with Gasteiger partial charge in [0.1, 0.15) is 6.54 Å². The molecular formula is C24H20ClF6N7O5. The summed E-state index contributed by atoms with van der Waals surface area (Å²) in [5.41, 5.74) is -0.919. The van der Waals surface area contributed by atoms with Gasteiger partial charge < -0.3 is 14.6 Å². The first-order chi connectivity index (χ1) is 20.0. The molecule has 0 saturated carbocycles. The number of rotatable bonds is 9. The van der Waals surface area contributed by atoms with E-state index in [1.54, 1.807) is 0 Å². The summed E-state index contributed by atoms with van der Waals surface area (Å²) < 4.78 is 89.9. The van der Waals surface area contributed by atoms with Crippen LogP contribution in [-0.4, -0.2) is 63.8 Å². The van der Waals surface area contributed by atoms with Crippen molar-refractivity contribution in [2.45, 2.75) is 51.7 Å². The molecule has 1 aromatic carbocycles. The van der Waals surface area contributed by atoms with Gasteiger partial charge in [-0.25, -0.2) is 19.4 Å². The Kier molecular flexibility index (Phi) is 8.82. The highest BCUT2D eigenvalue weighted by molar-refractivity contribution is 6.30. The number of carbonyl (C=O) groups is 1. The molecule has 3 aromatic heterocycles. The zero-order chi connectivity index (χ0) is 31.7. The third-order valence-electron chi connectivity index (χ3n) is 5.61. The van der Waals surface area contributed by atoms with Gasteiger partial charge in [0, 0.05) is 23.7 Å². The third kappa shape index (κ3) is 7.50. The van der Waals surface area contributed by atoms with Crippen molar-refractivity contribution in [3.05, 3.63) is 69.8 Å². The van der Waals surface area contributed by atoms with Crippen molar-refractivity contribution in [3.8, 4) is 23.0 Å². The molecule has 19 heteroatoms. The second-order valence-electron chi connectivity index (χ2n) is 8.86.